The molecule has 1 aromatic heterocycles. The van der Waals surface area contributed by atoms with Gasteiger partial charge in [-0.25, -0.2) is 9.38 Å². The molecule has 0 radical (unpaired) electrons. The van der Waals surface area contributed by atoms with Gasteiger partial charge >= 0.3 is 0 Å². The molecule has 1 saturated heterocycles. The lowest BCUT2D eigenvalue weighted by Gasteiger charge is -2.36. The van der Waals surface area contributed by atoms with Crippen LogP contribution in [-0.2, 0) is 6.54 Å². The van der Waals surface area contributed by atoms with Crippen molar-refractivity contribution in [2.45, 2.75) is 6.54 Å². The number of halogens is 1. The van der Waals surface area contributed by atoms with Crippen molar-refractivity contribution < 1.29 is 4.39 Å². The second-order valence-electron chi connectivity index (χ2n) is 6.62. The van der Waals surface area contributed by atoms with Crippen LogP contribution >= 0.6 is 0 Å². The number of para-hydroxylation sites is 1. The van der Waals surface area contributed by atoms with Crippen LogP contribution in [0.15, 0.2) is 65.8 Å². The van der Waals surface area contributed by atoms with Gasteiger partial charge in [0, 0.05) is 43.4 Å². The minimum Gasteiger partial charge on any atom is -0.370 e. The topological polar surface area (TPSA) is 57.8 Å². The van der Waals surface area contributed by atoms with Gasteiger partial charge in [0.15, 0.2) is 5.96 Å². The number of aliphatic imine (C=N–C) groups is 1. The number of pyridine rings is 1. The van der Waals surface area contributed by atoms with Crippen molar-refractivity contribution in [2.75, 3.05) is 31.1 Å². The molecular formula is C21H22FN5. The molecule has 5 nitrogen and oxygen atoms in total. The van der Waals surface area contributed by atoms with Crippen molar-refractivity contribution in [1.82, 2.24) is 9.88 Å². The van der Waals surface area contributed by atoms with Crippen molar-refractivity contribution in [2.24, 2.45) is 10.7 Å². The van der Waals surface area contributed by atoms with Gasteiger partial charge in [0.1, 0.15) is 5.82 Å². The van der Waals surface area contributed by atoms with Gasteiger partial charge in [0.2, 0.25) is 0 Å². The maximum absolute atomic E-state index is 13.1. The highest BCUT2D eigenvalue weighted by molar-refractivity contribution is 5.82. The Balaban J connectivity index is 1.40. The zero-order valence-corrected chi connectivity index (χ0v) is 15.1. The van der Waals surface area contributed by atoms with Crippen molar-refractivity contribution in [3.8, 4) is 0 Å². The van der Waals surface area contributed by atoms with Crippen LogP contribution < -0.4 is 10.6 Å². The maximum Gasteiger partial charge on any atom is 0.191 e. The smallest absolute Gasteiger partial charge is 0.191 e. The highest BCUT2D eigenvalue weighted by atomic mass is 19.1. The molecule has 0 saturated carbocycles. The van der Waals surface area contributed by atoms with Gasteiger partial charge in [-0.2, -0.15) is 0 Å². The predicted octanol–water partition coefficient (Wildman–Crippen LogP) is 3.01. The summed E-state index contributed by atoms with van der Waals surface area (Å²) in [6.07, 6.45) is 1.80. The summed E-state index contributed by atoms with van der Waals surface area (Å²) in [5, 5.41) is 1.11. The largest absolute Gasteiger partial charge is 0.370 e. The summed E-state index contributed by atoms with van der Waals surface area (Å²) in [4.78, 5) is 13.4. The zero-order valence-electron chi connectivity index (χ0n) is 15.1. The minimum absolute atomic E-state index is 0.211. The van der Waals surface area contributed by atoms with Crippen molar-refractivity contribution in [3.63, 3.8) is 0 Å². The quantitative estimate of drug-likeness (QED) is 0.574. The highest BCUT2D eigenvalue weighted by Gasteiger charge is 2.18. The average molecular weight is 363 g/mol. The van der Waals surface area contributed by atoms with Crippen LogP contribution in [0.25, 0.3) is 10.9 Å². The number of nitrogens with two attached hydrogens (primary N) is 1. The normalized spacial score (nSPS) is 15.4. The van der Waals surface area contributed by atoms with E-state index in [9.17, 15) is 4.39 Å². The van der Waals surface area contributed by atoms with Crippen LogP contribution in [0, 0.1) is 5.82 Å². The number of benzene rings is 2. The molecule has 0 bridgehead atoms. The molecule has 27 heavy (non-hydrogen) atoms. The number of hydrogen-bond donors (Lipinski definition) is 1. The fourth-order valence-corrected chi connectivity index (χ4v) is 3.41. The van der Waals surface area contributed by atoms with E-state index >= 15 is 0 Å². The summed E-state index contributed by atoms with van der Waals surface area (Å²) >= 11 is 0. The Labute approximate surface area is 157 Å². The molecule has 0 atom stereocenters. The molecular weight excluding hydrogens is 341 g/mol. The summed E-state index contributed by atoms with van der Waals surface area (Å²) in [5.74, 6) is 0.346. The standard InChI is InChI=1S/C21H22FN5/c22-18-6-8-19(9-7-18)26-11-13-27(14-12-26)21(23)25-15-17-4-1-3-16-5-2-10-24-20(16)17/h1-10H,11-15H2,(H2,23,25). The Morgan fingerprint density at radius 1 is 1.00 bits per heavy atom. The molecule has 0 aliphatic carbocycles. The molecule has 0 spiro atoms. The zero-order chi connectivity index (χ0) is 18.6. The lowest BCUT2D eigenvalue weighted by molar-refractivity contribution is 0.380. The molecule has 1 aliphatic rings. The lowest BCUT2D eigenvalue weighted by atomic mass is 10.1. The Kier molecular flexibility index (Phi) is 4.87. The van der Waals surface area contributed by atoms with Crippen molar-refractivity contribution in [1.29, 1.82) is 0 Å². The minimum atomic E-state index is -0.211. The van der Waals surface area contributed by atoms with Crippen molar-refractivity contribution >= 4 is 22.5 Å². The first kappa shape index (κ1) is 17.3. The highest BCUT2D eigenvalue weighted by Crippen LogP contribution is 2.18. The molecule has 1 fully saturated rings. The van der Waals surface area contributed by atoms with Gasteiger partial charge < -0.3 is 15.5 Å². The predicted molar refractivity (Wildman–Crippen MR) is 107 cm³/mol. The summed E-state index contributed by atoms with van der Waals surface area (Å²) in [5.41, 5.74) is 9.31. The van der Waals surface area contributed by atoms with Gasteiger partial charge in [-0.05, 0) is 35.9 Å². The molecule has 2 heterocycles. The summed E-state index contributed by atoms with van der Waals surface area (Å²) in [7, 11) is 0. The Hall–Kier alpha value is -3.15. The van der Waals surface area contributed by atoms with E-state index < -0.39 is 0 Å². The molecule has 0 unspecified atom stereocenters. The number of piperazine rings is 1. The Morgan fingerprint density at radius 2 is 1.74 bits per heavy atom. The van der Waals surface area contributed by atoms with Crippen LogP contribution in [0.2, 0.25) is 0 Å². The molecule has 2 N–H and O–H groups in total. The van der Waals surface area contributed by atoms with E-state index in [1.54, 1.807) is 6.20 Å². The summed E-state index contributed by atoms with van der Waals surface area (Å²) < 4.78 is 13.1. The van der Waals surface area contributed by atoms with E-state index in [4.69, 9.17) is 5.73 Å². The van der Waals surface area contributed by atoms with E-state index in [0.717, 1.165) is 48.3 Å². The van der Waals surface area contributed by atoms with E-state index in [1.165, 1.54) is 12.1 Å². The van der Waals surface area contributed by atoms with Crippen LogP contribution in [0.3, 0.4) is 0 Å². The van der Waals surface area contributed by atoms with Gasteiger partial charge in [-0.15, -0.1) is 0 Å². The Bertz CT molecular complexity index is 941. The van der Waals surface area contributed by atoms with E-state index in [1.807, 2.05) is 42.5 Å². The number of hydrogen-bond acceptors (Lipinski definition) is 3. The van der Waals surface area contributed by atoms with E-state index in [2.05, 4.69) is 19.8 Å². The SMILES string of the molecule is NC(=NCc1cccc2cccnc12)N1CCN(c2ccc(F)cc2)CC1. The second kappa shape index (κ2) is 7.61. The van der Waals surface area contributed by atoms with Crippen LogP contribution in [-0.4, -0.2) is 42.0 Å². The fourth-order valence-electron chi connectivity index (χ4n) is 3.41. The third-order valence-corrected chi connectivity index (χ3v) is 4.92. The van der Waals surface area contributed by atoms with Gasteiger partial charge in [0.25, 0.3) is 0 Å². The second-order valence-corrected chi connectivity index (χ2v) is 6.62. The van der Waals surface area contributed by atoms with Crippen LogP contribution in [0.5, 0.6) is 0 Å². The third-order valence-electron chi connectivity index (χ3n) is 4.92. The Morgan fingerprint density at radius 3 is 2.52 bits per heavy atom. The number of nitrogens with zero attached hydrogens (tertiary/aromatic N) is 4. The number of fused-ring (bicyclic) bond motifs is 1. The summed E-state index contributed by atoms with van der Waals surface area (Å²) in [6.45, 7) is 3.76. The molecule has 2 aromatic carbocycles. The maximum atomic E-state index is 13.1. The van der Waals surface area contributed by atoms with Crippen molar-refractivity contribution in [3.05, 3.63) is 72.2 Å². The summed E-state index contributed by atoms with van der Waals surface area (Å²) in [6, 6.07) is 16.7. The molecule has 4 rings (SSSR count). The van der Waals surface area contributed by atoms with E-state index in [-0.39, 0.29) is 5.82 Å². The third kappa shape index (κ3) is 3.84. The molecule has 0 amide bonds. The molecule has 6 heteroatoms. The van der Waals surface area contributed by atoms with Gasteiger partial charge in [0.05, 0.1) is 12.1 Å². The number of guanidine groups is 1. The fraction of sp³-hybridized carbons (Fsp3) is 0.238. The first-order valence-corrected chi connectivity index (χ1v) is 9.09. The van der Waals surface area contributed by atoms with Crippen LogP contribution in [0.1, 0.15) is 5.56 Å². The number of rotatable bonds is 3. The number of anilines is 1. The first-order chi connectivity index (χ1) is 13.2. The monoisotopic (exact) mass is 363 g/mol. The van der Waals surface area contributed by atoms with E-state index in [0.29, 0.717) is 12.5 Å². The molecule has 1 aliphatic heterocycles. The van der Waals surface area contributed by atoms with Gasteiger partial charge in [-0.3, -0.25) is 4.98 Å². The number of aromatic nitrogens is 1. The first-order valence-electron chi connectivity index (χ1n) is 9.09. The average Bonchev–Trinajstić information content (AvgIpc) is 2.72. The molecule has 3 aromatic rings. The lowest BCUT2D eigenvalue weighted by Crippen LogP contribution is -2.51. The van der Waals surface area contributed by atoms with Gasteiger partial charge in [-0.1, -0.05) is 24.3 Å². The van der Waals surface area contributed by atoms with Crippen LogP contribution in [0.4, 0.5) is 10.1 Å². The molecule has 138 valence electrons.